The number of unbranched alkanes of at least 4 members (excludes halogenated alkanes) is 1. The average molecular weight is 492 g/mol. The first-order chi connectivity index (χ1) is 15.4. The van der Waals surface area contributed by atoms with E-state index in [4.69, 9.17) is 14.5 Å². The van der Waals surface area contributed by atoms with Crippen LogP contribution in [0.4, 0.5) is 5.13 Å². The molecule has 0 spiro atoms. The molecule has 0 radical (unpaired) electrons. The normalized spacial score (nSPS) is 10.8. The van der Waals surface area contributed by atoms with Crippen molar-refractivity contribution in [1.82, 2.24) is 9.88 Å². The summed E-state index contributed by atoms with van der Waals surface area (Å²) < 4.78 is 12.3. The molecule has 180 valence electrons. The van der Waals surface area contributed by atoms with E-state index in [9.17, 15) is 4.79 Å². The van der Waals surface area contributed by atoms with Crippen LogP contribution in [0.3, 0.4) is 0 Å². The Kier molecular flexibility index (Phi) is 10.4. The Morgan fingerprint density at radius 3 is 2.42 bits per heavy atom. The SMILES string of the molecule is CCCCOc1ccc(C(=O)N(CCCN(C)C)c2nc3c(OC)ccc(C)c3s2)cc1.Cl. The molecular weight excluding hydrogens is 458 g/mol. The van der Waals surface area contributed by atoms with Gasteiger partial charge in [-0.25, -0.2) is 4.98 Å². The lowest BCUT2D eigenvalue weighted by atomic mass is 10.2. The van der Waals surface area contributed by atoms with Gasteiger partial charge in [0.25, 0.3) is 5.91 Å². The summed E-state index contributed by atoms with van der Waals surface area (Å²) in [6.07, 6.45) is 2.95. The molecule has 3 aromatic rings. The van der Waals surface area contributed by atoms with Gasteiger partial charge in [0.05, 0.1) is 18.4 Å². The zero-order valence-corrected chi connectivity index (χ0v) is 21.7. The van der Waals surface area contributed by atoms with E-state index in [1.54, 1.807) is 12.0 Å². The molecule has 0 N–H and O–H groups in total. The number of hydrogen-bond donors (Lipinski definition) is 0. The number of carbonyl (C=O) groups is 1. The number of hydrogen-bond acceptors (Lipinski definition) is 6. The van der Waals surface area contributed by atoms with Gasteiger partial charge in [-0.05, 0) is 76.3 Å². The van der Waals surface area contributed by atoms with Crippen molar-refractivity contribution in [1.29, 1.82) is 0 Å². The minimum atomic E-state index is -0.0560. The molecule has 0 atom stereocenters. The zero-order chi connectivity index (χ0) is 23.1. The summed E-state index contributed by atoms with van der Waals surface area (Å²) in [4.78, 5) is 22.2. The maximum atomic E-state index is 13.5. The van der Waals surface area contributed by atoms with Crippen molar-refractivity contribution in [2.75, 3.05) is 45.8 Å². The number of rotatable bonds is 11. The lowest BCUT2D eigenvalue weighted by Crippen LogP contribution is -2.33. The van der Waals surface area contributed by atoms with Crippen molar-refractivity contribution in [2.45, 2.75) is 33.1 Å². The molecule has 1 amide bonds. The number of halogens is 1. The second kappa shape index (κ2) is 12.8. The monoisotopic (exact) mass is 491 g/mol. The number of thiazole rings is 1. The molecule has 1 aromatic heterocycles. The van der Waals surface area contributed by atoms with E-state index >= 15 is 0 Å². The van der Waals surface area contributed by atoms with Crippen molar-refractivity contribution in [3.63, 3.8) is 0 Å². The lowest BCUT2D eigenvalue weighted by molar-refractivity contribution is 0.0986. The van der Waals surface area contributed by atoms with Crippen molar-refractivity contribution < 1.29 is 14.3 Å². The minimum Gasteiger partial charge on any atom is -0.494 e. The predicted octanol–water partition coefficient (Wildman–Crippen LogP) is 5.81. The Morgan fingerprint density at radius 2 is 1.79 bits per heavy atom. The van der Waals surface area contributed by atoms with Crippen molar-refractivity contribution in [3.8, 4) is 11.5 Å². The number of amides is 1. The van der Waals surface area contributed by atoms with Crippen molar-refractivity contribution in [3.05, 3.63) is 47.5 Å². The van der Waals surface area contributed by atoms with E-state index in [-0.39, 0.29) is 18.3 Å². The third-order valence-corrected chi connectivity index (χ3v) is 6.46. The Balaban J connectivity index is 0.00000385. The molecule has 0 aliphatic carbocycles. The standard InChI is InChI=1S/C25H33N3O3S.ClH/c1-6-7-17-31-20-12-10-19(11-13-20)24(29)28(16-8-15-27(3)4)25-26-22-21(30-5)14-9-18(2)23(22)32-25;/h9-14H,6-8,15-17H2,1-5H3;1H. The van der Waals surface area contributed by atoms with Crippen LogP contribution in [0.5, 0.6) is 11.5 Å². The summed E-state index contributed by atoms with van der Waals surface area (Å²) in [5.41, 5.74) is 2.55. The fraction of sp³-hybridized carbons (Fsp3) is 0.440. The van der Waals surface area contributed by atoms with E-state index in [2.05, 4.69) is 18.7 Å². The number of fused-ring (bicyclic) bond motifs is 1. The highest BCUT2D eigenvalue weighted by atomic mass is 35.5. The van der Waals surface area contributed by atoms with Gasteiger partial charge in [-0.1, -0.05) is 30.7 Å². The quantitative estimate of drug-likeness (QED) is 0.317. The molecule has 0 bridgehead atoms. The number of nitrogens with zero attached hydrogens (tertiary/aromatic N) is 3. The van der Waals surface area contributed by atoms with Crippen LogP contribution in [0.15, 0.2) is 36.4 Å². The maximum absolute atomic E-state index is 13.5. The summed E-state index contributed by atoms with van der Waals surface area (Å²) in [7, 11) is 5.72. The molecule has 33 heavy (non-hydrogen) atoms. The fourth-order valence-corrected chi connectivity index (χ4v) is 4.47. The second-order valence-corrected chi connectivity index (χ2v) is 9.08. The summed E-state index contributed by atoms with van der Waals surface area (Å²) in [5.74, 6) is 1.46. The number of aryl methyl sites for hydroxylation is 1. The van der Waals surface area contributed by atoms with Gasteiger partial charge in [0.1, 0.15) is 17.0 Å². The first kappa shape index (κ1) is 26.9. The third-order valence-electron chi connectivity index (χ3n) is 5.24. The molecule has 0 unspecified atom stereocenters. The topological polar surface area (TPSA) is 54.9 Å². The first-order valence-electron chi connectivity index (χ1n) is 11.1. The van der Waals surface area contributed by atoms with E-state index in [1.165, 1.54) is 11.3 Å². The zero-order valence-electron chi connectivity index (χ0n) is 20.1. The average Bonchev–Trinajstić information content (AvgIpc) is 3.23. The Labute approximate surface area is 206 Å². The molecule has 0 aliphatic heterocycles. The molecular formula is C25H34ClN3O3S. The van der Waals surface area contributed by atoms with Gasteiger partial charge < -0.3 is 14.4 Å². The molecule has 2 aromatic carbocycles. The van der Waals surface area contributed by atoms with Gasteiger partial charge in [-0.2, -0.15) is 0 Å². The van der Waals surface area contributed by atoms with E-state index < -0.39 is 0 Å². The molecule has 0 saturated carbocycles. The number of ether oxygens (including phenoxy) is 2. The second-order valence-electron chi connectivity index (χ2n) is 8.10. The predicted molar refractivity (Wildman–Crippen MR) is 140 cm³/mol. The maximum Gasteiger partial charge on any atom is 0.260 e. The van der Waals surface area contributed by atoms with Gasteiger partial charge in [-0.15, -0.1) is 12.4 Å². The van der Waals surface area contributed by atoms with Crippen LogP contribution in [-0.2, 0) is 0 Å². The first-order valence-corrected chi connectivity index (χ1v) is 11.9. The van der Waals surface area contributed by atoms with Gasteiger partial charge >= 0.3 is 0 Å². The number of carbonyl (C=O) groups excluding carboxylic acids is 1. The minimum absolute atomic E-state index is 0. The van der Waals surface area contributed by atoms with Crippen LogP contribution >= 0.6 is 23.7 Å². The number of aromatic nitrogens is 1. The molecule has 8 heteroatoms. The van der Waals surface area contributed by atoms with Gasteiger partial charge in [0.15, 0.2) is 5.13 Å². The van der Waals surface area contributed by atoms with E-state index in [1.807, 2.05) is 50.5 Å². The molecule has 0 fully saturated rings. The molecule has 0 saturated heterocycles. The number of anilines is 1. The number of benzene rings is 2. The van der Waals surface area contributed by atoms with Crippen LogP contribution in [-0.4, -0.2) is 56.7 Å². The summed E-state index contributed by atoms with van der Waals surface area (Å²) in [6, 6.07) is 11.4. The molecule has 3 rings (SSSR count). The summed E-state index contributed by atoms with van der Waals surface area (Å²) >= 11 is 1.54. The van der Waals surface area contributed by atoms with Crippen molar-refractivity contribution >= 4 is 45.0 Å². The summed E-state index contributed by atoms with van der Waals surface area (Å²) in [5, 5.41) is 0.694. The number of methoxy groups -OCH3 is 1. The van der Waals surface area contributed by atoms with Crippen LogP contribution in [0.1, 0.15) is 42.1 Å². The fourth-order valence-electron chi connectivity index (χ4n) is 3.39. The van der Waals surface area contributed by atoms with Crippen molar-refractivity contribution in [2.24, 2.45) is 0 Å². The van der Waals surface area contributed by atoms with Crippen LogP contribution < -0.4 is 14.4 Å². The van der Waals surface area contributed by atoms with Gasteiger partial charge in [0.2, 0.25) is 0 Å². The van der Waals surface area contributed by atoms with E-state index in [0.29, 0.717) is 23.8 Å². The molecule has 0 aliphatic rings. The Hall–Kier alpha value is -2.35. The molecule has 1 heterocycles. The Bertz CT molecular complexity index is 1040. The lowest BCUT2D eigenvalue weighted by Gasteiger charge is -2.21. The Morgan fingerprint density at radius 1 is 1.06 bits per heavy atom. The highest BCUT2D eigenvalue weighted by Crippen LogP contribution is 2.37. The summed E-state index contributed by atoms with van der Waals surface area (Å²) in [6.45, 7) is 6.36. The third kappa shape index (κ3) is 6.82. The van der Waals surface area contributed by atoms with Crippen LogP contribution in [0.25, 0.3) is 10.2 Å². The van der Waals surface area contributed by atoms with Crippen LogP contribution in [0, 0.1) is 6.92 Å². The van der Waals surface area contributed by atoms with Crippen LogP contribution in [0.2, 0.25) is 0 Å². The van der Waals surface area contributed by atoms with Gasteiger partial charge in [0, 0.05) is 12.1 Å². The largest absolute Gasteiger partial charge is 0.494 e. The highest BCUT2D eigenvalue weighted by Gasteiger charge is 2.23. The van der Waals surface area contributed by atoms with Gasteiger partial charge in [-0.3, -0.25) is 9.69 Å². The molecule has 6 nitrogen and oxygen atoms in total. The highest BCUT2D eigenvalue weighted by molar-refractivity contribution is 7.22. The van der Waals surface area contributed by atoms with E-state index in [0.717, 1.165) is 53.1 Å². The smallest absolute Gasteiger partial charge is 0.260 e.